The molecule has 0 fully saturated rings. The average Bonchev–Trinajstić information content (AvgIpc) is 2.16. The third-order valence-electron chi connectivity index (χ3n) is 1.87. The summed E-state index contributed by atoms with van der Waals surface area (Å²) in [6.45, 7) is 4.45. The maximum Gasteiger partial charge on any atom is 0.261 e. The molecule has 74 valence electrons. The number of hydrogen-bond acceptors (Lipinski definition) is 2. The third-order valence-corrected chi connectivity index (χ3v) is 1.87. The minimum atomic E-state index is -0.236. The minimum Gasteiger partial charge on any atom is -0.311 e. The zero-order valence-corrected chi connectivity index (χ0v) is 8.36. The summed E-state index contributed by atoms with van der Waals surface area (Å²) < 4.78 is 1.51. The Bertz CT molecular complexity index is 412. The van der Waals surface area contributed by atoms with Gasteiger partial charge in [0, 0.05) is 12.7 Å². The Morgan fingerprint density at radius 3 is 2.79 bits per heavy atom. The van der Waals surface area contributed by atoms with E-state index in [0.29, 0.717) is 12.8 Å². The largest absolute Gasteiger partial charge is 0.311 e. The summed E-state index contributed by atoms with van der Waals surface area (Å²) >= 11 is 0. The molecule has 1 aromatic heterocycles. The molecular formula is C11H13NO2. The van der Waals surface area contributed by atoms with Crippen molar-refractivity contribution in [3.8, 4) is 0 Å². The lowest BCUT2D eigenvalue weighted by atomic mass is 10.3. The van der Waals surface area contributed by atoms with Crippen molar-refractivity contribution in [2.75, 3.05) is 0 Å². The SMILES string of the molecule is CC(C)=CCn1cccc(C=O)c1=O. The van der Waals surface area contributed by atoms with Crippen LogP contribution in [0.3, 0.4) is 0 Å². The quantitative estimate of drug-likeness (QED) is 0.538. The first-order chi connectivity index (χ1) is 6.65. The van der Waals surface area contributed by atoms with Gasteiger partial charge in [0.25, 0.3) is 5.56 Å². The minimum absolute atomic E-state index is 0.203. The number of aldehydes is 1. The maximum atomic E-state index is 11.5. The molecule has 0 aromatic carbocycles. The van der Waals surface area contributed by atoms with E-state index in [2.05, 4.69) is 0 Å². The Balaban J connectivity index is 3.05. The molecule has 14 heavy (non-hydrogen) atoms. The molecule has 1 rings (SSSR count). The molecule has 0 unspecified atom stereocenters. The zero-order valence-electron chi connectivity index (χ0n) is 8.36. The number of hydrogen-bond donors (Lipinski definition) is 0. The second kappa shape index (κ2) is 4.56. The van der Waals surface area contributed by atoms with Crippen LogP contribution in [-0.4, -0.2) is 10.9 Å². The van der Waals surface area contributed by atoms with Gasteiger partial charge in [0.15, 0.2) is 6.29 Å². The van der Waals surface area contributed by atoms with E-state index >= 15 is 0 Å². The molecular weight excluding hydrogens is 178 g/mol. The molecule has 0 saturated heterocycles. The summed E-state index contributed by atoms with van der Waals surface area (Å²) in [5.74, 6) is 0. The van der Waals surface area contributed by atoms with Gasteiger partial charge in [0.2, 0.25) is 0 Å². The Morgan fingerprint density at radius 2 is 2.21 bits per heavy atom. The summed E-state index contributed by atoms with van der Waals surface area (Å²) in [7, 11) is 0. The van der Waals surface area contributed by atoms with Crippen molar-refractivity contribution in [1.82, 2.24) is 4.57 Å². The molecule has 0 spiro atoms. The van der Waals surface area contributed by atoms with Crippen LogP contribution >= 0.6 is 0 Å². The molecule has 0 aliphatic carbocycles. The van der Waals surface area contributed by atoms with Crippen LogP contribution in [-0.2, 0) is 6.54 Å². The number of nitrogens with zero attached hydrogens (tertiary/aromatic N) is 1. The molecule has 3 heteroatoms. The van der Waals surface area contributed by atoms with Gasteiger partial charge >= 0.3 is 0 Å². The van der Waals surface area contributed by atoms with Crippen LogP contribution in [0.25, 0.3) is 0 Å². The molecule has 0 N–H and O–H groups in total. The van der Waals surface area contributed by atoms with Gasteiger partial charge in [-0.3, -0.25) is 9.59 Å². The highest BCUT2D eigenvalue weighted by Crippen LogP contribution is 1.92. The van der Waals surface area contributed by atoms with E-state index in [1.54, 1.807) is 12.3 Å². The number of carbonyl (C=O) groups excluding carboxylic acids is 1. The molecule has 1 heterocycles. The van der Waals surface area contributed by atoms with Crippen molar-refractivity contribution >= 4 is 6.29 Å². The highest BCUT2D eigenvalue weighted by Gasteiger charge is 1.99. The average molecular weight is 191 g/mol. The molecule has 0 bridgehead atoms. The number of allylic oxidation sites excluding steroid dienone is 2. The molecule has 0 aliphatic rings. The first-order valence-corrected chi connectivity index (χ1v) is 4.43. The van der Waals surface area contributed by atoms with E-state index in [0.717, 1.165) is 5.57 Å². The number of pyridine rings is 1. The van der Waals surface area contributed by atoms with Gasteiger partial charge in [-0.15, -0.1) is 0 Å². The molecule has 0 atom stereocenters. The summed E-state index contributed by atoms with van der Waals surface area (Å²) in [6, 6.07) is 3.22. The molecule has 0 amide bonds. The Hall–Kier alpha value is -1.64. The number of aromatic nitrogens is 1. The highest BCUT2D eigenvalue weighted by atomic mass is 16.1. The van der Waals surface area contributed by atoms with Gasteiger partial charge < -0.3 is 4.57 Å². The standard InChI is InChI=1S/C11H13NO2/c1-9(2)5-7-12-6-3-4-10(8-13)11(12)14/h3-6,8H,7H2,1-2H3. The van der Waals surface area contributed by atoms with Crippen molar-refractivity contribution in [1.29, 1.82) is 0 Å². The fourth-order valence-corrected chi connectivity index (χ4v) is 1.07. The number of carbonyl (C=O) groups is 1. The van der Waals surface area contributed by atoms with E-state index < -0.39 is 0 Å². The normalized spacial score (nSPS) is 9.57. The Labute approximate surface area is 82.7 Å². The van der Waals surface area contributed by atoms with Crippen LogP contribution in [0.1, 0.15) is 24.2 Å². The van der Waals surface area contributed by atoms with Gasteiger partial charge in [0.05, 0.1) is 5.56 Å². The molecule has 1 aromatic rings. The monoisotopic (exact) mass is 191 g/mol. The second-order valence-corrected chi connectivity index (χ2v) is 3.32. The van der Waals surface area contributed by atoms with E-state index in [1.807, 2.05) is 19.9 Å². The summed E-state index contributed by atoms with van der Waals surface area (Å²) in [5, 5.41) is 0. The van der Waals surface area contributed by atoms with Crippen LogP contribution < -0.4 is 5.56 Å². The van der Waals surface area contributed by atoms with Crippen LogP contribution in [0.5, 0.6) is 0 Å². The lowest BCUT2D eigenvalue weighted by Crippen LogP contribution is -2.22. The van der Waals surface area contributed by atoms with Gasteiger partial charge in [-0.1, -0.05) is 11.6 Å². The van der Waals surface area contributed by atoms with Gasteiger partial charge in [-0.05, 0) is 26.0 Å². The first kappa shape index (κ1) is 10.4. The smallest absolute Gasteiger partial charge is 0.261 e. The predicted molar refractivity (Wildman–Crippen MR) is 55.5 cm³/mol. The summed E-state index contributed by atoms with van der Waals surface area (Å²) in [4.78, 5) is 22.0. The Morgan fingerprint density at radius 1 is 1.50 bits per heavy atom. The summed E-state index contributed by atoms with van der Waals surface area (Å²) in [6.07, 6.45) is 4.20. The van der Waals surface area contributed by atoms with E-state index in [9.17, 15) is 9.59 Å². The highest BCUT2D eigenvalue weighted by molar-refractivity contribution is 5.73. The van der Waals surface area contributed by atoms with Crippen molar-refractivity contribution in [3.05, 3.63) is 45.9 Å². The van der Waals surface area contributed by atoms with Crippen LogP contribution in [0.2, 0.25) is 0 Å². The molecule has 0 saturated carbocycles. The lowest BCUT2D eigenvalue weighted by molar-refractivity contribution is 0.112. The van der Waals surface area contributed by atoms with E-state index in [1.165, 1.54) is 10.6 Å². The fraction of sp³-hybridized carbons (Fsp3) is 0.273. The first-order valence-electron chi connectivity index (χ1n) is 4.43. The van der Waals surface area contributed by atoms with Crippen LogP contribution in [0.4, 0.5) is 0 Å². The Kier molecular flexibility index (Phi) is 3.40. The molecule has 3 nitrogen and oxygen atoms in total. The van der Waals surface area contributed by atoms with Crippen molar-refractivity contribution in [3.63, 3.8) is 0 Å². The van der Waals surface area contributed by atoms with Gasteiger partial charge in [0.1, 0.15) is 0 Å². The predicted octanol–water partition coefficient (Wildman–Crippen LogP) is 1.63. The third kappa shape index (κ3) is 2.42. The van der Waals surface area contributed by atoms with Crippen molar-refractivity contribution in [2.45, 2.75) is 20.4 Å². The maximum absolute atomic E-state index is 11.5. The summed E-state index contributed by atoms with van der Waals surface area (Å²) in [5.41, 5.74) is 1.11. The lowest BCUT2D eigenvalue weighted by Gasteiger charge is -2.02. The van der Waals surface area contributed by atoms with E-state index in [-0.39, 0.29) is 11.1 Å². The van der Waals surface area contributed by atoms with E-state index in [4.69, 9.17) is 0 Å². The molecule has 0 aliphatic heterocycles. The van der Waals surface area contributed by atoms with Crippen molar-refractivity contribution < 1.29 is 4.79 Å². The van der Waals surface area contributed by atoms with Crippen molar-refractivity contribution in [2.24, 2.45) is 0 Å². The second-order valence-electron chi connectivity index (χ2n) is 3.32. The van der Waals surface area contributed by atoms with Crippen LogP contribution in [0.15, 0.2) is 34.8 Å². The fourth-order valence-electron chi connectivity index (χ4n) is 1.07. The van der Waals surface area contributed by atoms with Crippen LogP contribution in [0, 0.1) is 0 Å². The molecule has 0 radical (unpaired) electrons. The van der Waals surface area contributed by atoms with Gasteiger partial charge in [-0.25, -0.2) is 0 Å². The topological polar surface area (TPSA) is 39.1 Å². The number of rotatable bonds is 3. The zero-order chi connectivity index (χ0) is 10.6. The van der Waals surface area contributed by atoms with Gasteiger partial charge in [-0.2, -0.15) is 0 Å².